The van der Waals surface area contributed by atoms with Gasteiger partial charge in [-0.2, -0.15) is 0 Å². The number of fused-ring (bicyclic) bond motifs is 1. The first-order valence-electron chi connectivity index (χ1n) is 15.0. The molecule has 0 bridgehead atoms. The normalized spacial score (nSPS) is 32.9. The second-order valence-electron chi connectivity index (χ2n) is 12.1. The van der Waals surface area contributed by atoms with Crippen LogP contribution in [0.4, 0.5) is 0 Å². The summed E-state index contributed by atoms with van der Waals surface area (Å²) in [5.41, 5.74) is 0. The van der Waals surface area contributed by atoms with Crippen LogP contribution in [0.1, 0.15) is 155 Å². The van der Waals surface area contributed by atoms with Crippen molar-refractivity contribution < 1.29 is 0 Å². The van der Waals surface area contributed by atoms with Crippen LogP contribution in [0.15, 0.2) is 0 Å². The first-order valence-corrected chi connectivity index (χ1v) is 15.0. The van der Waals surface area contributed by atoms with E-state index in [2.05, 4.69) is 13.8 Å². The quantitative estimate of drug-likeness (QED) is 0.339. The van der Waals surface area contributed by atoms with Crippen LogP contribution in [0.5, 0.6) is 0 Å². The molecule has 3 aliphatic rings. The Bertz CT molecular complexity index is 455. The number of hydrogen-bond donors (Lipinski definition) is 0. The fourth-order valence-electron chi connectivity index (χ4n) is 8.32. The van der Waals surface area contributed by atoms with Gasteiger partial charge >= 0.3 is 0 Å². The zero-order valence-electron chi connectivity index (χ0n) is 21.5. The summed E-state index contributed by atoms with van der Waals surface area (Å²) in [7, 11) is 7.66. The van der Waals surface area contributed by atoms with E-state index in [1.54, 1.807) is 0 Å². The molecular weight excluding hydrogens is 371 g/mol. The van der Waals surface area contributed by atoms with E-state index in [1.165, 1.54) is 141 Å². The lowest BCUT2D eigenvalue weighted by atomic mass is 9.46. The van der Waals surface area contributed by atoms with Gasteiger partial charge in [0.1, 0.15) is 0 Å². The average molecular weight is 427 g/mol. The Morgan fingerprint density at radius 2 is 1.23 bits per heavy atom. The lowest BCUT2D eigenvalue weighted by Crippen LogP contribution is -2.41. The fourth-order valence-corrected chi connectivity index (χ4v) is 8.32. The van der Waals surface area contributed by atoms with Gasteiger partial charge in [-0.3, -0.25) is 0 Å². The highest BCUT2D eigenvalue weighted by Gasteiger charge is 2.47. The van der Waals surface area contributed by atoms with Crippen LogP contribution in [-0.2, 0) is 0 Å². The van der Waals surface area contributed by atoms with Crippen molar-refractivity contribution >= 4 is 7.85 Å². The van der Waals surface area contributed by atoms with Gasteiger partial charge in [-0.25, -0.2) is 0 Å². The van der Waals surface area contributed by atoms with Gasteiger partial charge in [-0.05, 0) is 42.4 Å². The second-order valence-corrected chi connectivity index (χ2v) is 12.1. The van der Waals surface area contributed by atoms with E-state index in [-0.39, 0.29) is 5.31 Å². The SMILES string of the molecule is [B]C1(C2C3CCCCCCC3CCCC2C(CCCC)CCCC)CCCCCCC1. The fraction of sp³-hybridized carbons (Fsp3) is 1.00. The summed E-state index contributed by atoms with van der Waals surface area (Å²) in [6.45, 7) is 4.79. The van der Waals surface area contributed by atoms with Crippen molar-refractivity contribution in [2.75, 3.05) is 0 Å². The molecule has 4 atom stereocenters. The van der Waals surface area contributed by atoms with Gasteiger partial charge in [0, 0.05) is 0 Å². The molecule has 0 aliphatic heterocycles. The van der Waals surface area contributed by atoms with Gasteiger partial charge in [0.25, 0.3) is 0 Å². The largest absolute Gasteiger partial charge is 0.0750 e. The Balaban J connectivity index is 1.94. The molecule has 0 saturated heterocycles. The van der Waals surface area contributed by atoms with Crippen molar-refractivity contribution in [2.24, 2.45) is 29.6 Å². The van der Waals surface area contributed by atoms with Gasteiger partial charge < -0.3 is 0 Å². The number of unbranched alkanes of at least 4 members (excludes halogenated alkanes) is 2. The Hall–Kier alpha value is 0.0649. The lowest BCUT2D eigenvalue weighted by molar-refractivity contribution is 0.0524. The smallest absolute Gasteiger partial charge is 0.0654 e. The van der Waals surface area contributed by atoms with Gasteiger partial charge in [-0.15, -0.1) is 0 Å². The summed E-state index contributed by atoms with van der Waals surface area (Å²) in [6, 6.07) is 0. The predicted molar refractivity (Wildman–Crippen MR) is 139 cm³/mol. The molecule has 0 N–H and O–H groups in total. The van der Waals surface area contributed by atoms with Crippen LogP contribution in [0.3, 0.4) is 0 Å². The third kappa shape index (κ3) is 7.27. The lowest BCUT2D eigenvalue weighted by Gasteiger charge is -2.51. The Morgan fingerprint density at radius 1 is 0.677 bits per heavy atom. The van der Waals surface area contributed by atoms with E-state index in [1.807, 2.05) is 0 Å². The molecule has 31 heavy (non-hydrogen) atoms. The molecular formula is C30H55B. The molecule has 0 aromatic rings. The monoisotopic (exact) mass is 426 g/mol. The molecule has 3 saturated carbocycles. The summed E-state index contributed by atoms with van der Waals surface area (Å²) in [5, 5.41) is 0.133. The zero-order chi connectivity index (χ0) is 21.9. The maximum Gasteiger partial charge on any atom is 0.0750 e. The number of rotatable bonds is 8. The summed E-state index contributed by atoms with van der Waals surface area (Å²) in [6.07, 6.45) is 31.7. The van der Waals surface area contributed by atoms with Gasteiger partial charge in [-0.1, -0.05) is 148 Å². The Morgan fingerprint density at radius 3 is 1.87 bits per heavy atom. The van der Waals surface area contributed by atoms with Crippen molar-refractivity contribution in [1.29, 1.82) is 0 Å². The van der Waals surface area contributed by atoms with Gasteiger partial charge in [0.15, 0.2) is 0 Å². The van der Waals surface area contributed by atoms with Crippen LogP contribution in [0, 0.1) is 29.6 Å². The van der Waals surface area contributed by atoms with Crippen LogP contribution in [0.2, 0.25) is 5.31 Å². The first-order chi connectivity index (χ1) is 15.2. The van der Waals surface area contributed by atoms with Crippen LogP contribution >= 0.6 is 0 Å². The van der Waals surface area contributed by atoms with Crippen molar-refractivity contribution in [3.8, 4) is 0 Å². The summed E-state index contributed by atoms with van der Waals surface area (Å²) >= 11 is 0. The molecule has 4 unspecified atom stereocenters. The second kappa shape index (κ2) is 13.7. The zero-order valence-corrected chi connectivity index (χ0v) is 21.5. The molecule has 3 rings (SSSR count). The Labute approximate surface area is 197 Å². The van der Waals surface area contributed by atoms with Crippen molar-refractivity contribution in [1.82, 2.24) is 0 Å². The third-order valence-corrected chi connectivity index (χ3v) is 9.91. The van der Waals surface area contributed by atoms with Crippen molar-refractivity contribution in [2.45, 2.75) is 160 Å². The highest BCUT2D eigenvalue weighted by Crippen LogP contribution is 2.59. The third-order valence-electron chi connectivity index (χ3n) is 9.91. The minimum absolute atomic E-state index is 0.133. The molecule has 2 radical (unpaired) electrons. The first kappa shape index (κ1) is 25.7. The topological polar surface area (TPSA) is 0 Å². The van der Waals surface area contributed by atoms with Gasteiger partial charge in [0.2, 0.25) is 0 Å². The molecule has 0 aromatic carbocycles. The van der Waals surface area contributed by atoms with Gasteiger partial charge in [0.05, 0.1) is 7.85 Å². The predicted octanol–water partition coefficient (Wildman–Crippen LogP) is 10.1. The summed E-state index contributed by atoms with van der Waals surface area (Å²) in [5.74, 6) is 4.59. The molecule has 0 amide bonds. The minimum atomic E-state index is 0.133. The van der Waals surface area contributed by atoms with Crippen LogP contribution < -0.4 is 0 Å². The molecule has 0 nitrogen and oxygen atoms in total. The molecule has 178 valence electrons. The van der Waals surface area contributed by atoms with E-state index >= 15 is 0 Å². The Kier molecular flexibility index (Phi) is 11.3. The van der Waals surface area contributed by atoms with Crippen molar-refractivity contribution in [3.63, 3.8) is 0 Å². The molecule has 1 heteroatoms. The van der Waals surface area contributed by atoms with E-state index in [0.29, 0.717) is 0 Å². The van der Waals surface area contributed by atoms with Crippen LogP contribution in [0.25, 0.3) is 0 Å². The molecule has 0 heterocycles. The molecule has 3 aliphatic carbocycles. The maximum absolute atomic E-state index is 7.66. The standard InChI is InChI=1S/C30H55B/c1-3-5-17-25(18-6-4-2)28-22-16-20-26-19-12-8-9-13-21-27(26)29(28)30(31)23-14-10-7-11-15-24-30/h25-29H,3-24H2,1-2H3. The molecule has 0 spiro atoms. The van der Waals surface area contributed by atoms with Crippen LogP contribution in [-0.4, -0.2) is 7.85 Å². The average Bonchev–Trinajstić information content (AvgIpc) is 2.90. The number of hydrogen-bond acceptors (Lipinski definition) is 0. The molecule has 3 fully saturated rings. The highest BCUT2D eigenvalue weighted by atomic mass is 14.5. The highest BCUT2D eigenvalue weighted by molar-refractivity contribution is 6.15. The maximum atomic E-state index is 7.66. The van der Waals surface area contributed by atoms with E-state index in [4.69, 9.17) is 7.85 Å². The summed E-state index contributed by atoms with van der Waals surface area (Å²) in [4.78, 5) is 0. The van der Waals surface area contributed by atoms with E-state index in [9.17, 15) is 0 Å². The van der Waals surface area contributed by atoms with E-state index in [0.717, 1.165) is 29.6 Å². The van der Waals surface area contributed by atoms with Crippen molar-refractivity contribution in [3.05, 3.63) is 0 Å². The minimum Gasteiger partial charge on any atom is -0.0654 e. The summed E-state index contributed by atoms with van der Waals surface area (Å²) < 4.78 is 0. The van der Waals surface area contributed by atoms with E-state index < -0.39 is 0 Å². The molecule has 0 aromatic heterocycles.